The number of piperazine rings is 1. The van der Waals surface area contributed by atoms with E-state index in [1.54, 1.807) is 0 Å². The molecule has 0 bridgehead atoms. The molecule has 20 heavy (non-hydrogen) atoms. The van der Waals surface area contributed by atoms with Gasteiger partial charge in [-0.15, -0.1) is 0 Å². The molecule has 1 saturated heterocycles. The third-order valence-electron chi connectivity index (χ3n) is 4.44. The first-order valence-electron chi connectivity index (χ1n) is 8.17. The summed E-state index contributed by atoms with van der Waals surface area (Å²) in [5, 5.41) is 2.94. The van der Waals surface area contributed by atoms with Gasteiger partial charge in [0.2, 0.25) is 11.8 Å². The second-order valence-electron chi connectivity index (χ2n) is 6.60. The second kappa shape index (κ2) is 6.59. The van der Waals surface area contributed by atoms with Gasteiger partial charge >= 0.3 is 0 Å². The molecule has 0 spiro atoms. The molecule has 1 aliphatic heterocycles. The summed E-state index contributed by atoms with van der Waals surface area (Å²) in [7, 11) is 0. The zero-order valence-corrected chi connectivity index (χ0v) is 13.0. The van der Waals surface area contributed by atoms with E-state index in [1.165, 1.54) is 12.8 Å². The van der Waals surface area contributed by atoms with E-state index in [2.05, 4.69) is 12.2 Å². The standard InChI is InChI=1S/C16H28N2O2/c1-4-5-6-7-10-18-14(12-8-9-12)15(19)17-13(11(2)3)16(18)20/h11-14H,4-10H2,1-3H3,(H,17,19). The molecule has 4 heteroatoms. The van der Waals surface area contributed by atoms with Crippen LogP contribution in [-0.2, 0) is 9.59 Å². The Hall–Kier alpha value is -1.06. The van der Waals surface area contributed by atoms with E-state index in [0.717, 1.165) is 32.2 Å². The van der Waals surface area contributed by atoms with Gasteiger partial charge in [0.25, 0.3) is 0 Å². The molecule has 2 unspecified atom stereocenters. The summed E-state index contributed by atoms with van der Waals surface area (Å²) in [6.07, 6.45) is 6.73. The molecule has 0 aromatic rings. The highest BCUT2D eigenvalue weighted by molar-refractivity contribution is 5.97. The molecule has 0 radical (unpaired) electrons. The number of hydrogen-bond donors (Lipinski definition) is 1. The molecular formula is C16H28N2O2. The smallest absolute Gasteiger partial charge is 0.246 e. The summed E-state index contributed by atoms with van der Waals surface area (Å²) in [5.41, 5.74) is 0. The van der Waals surface area contributed by atoms with Crippen LogP contribution in [0.4, 0.5) is 0 Å². The van der Waals surface area contributed by atoms with Crippen LogP contribution >= 0.6 is 0 Å². The normalized spacial score (nSPS) is 27.1. The van der Waals surface area contributed by atoms with Gasteiger partial charge < -0.3 is 10.2 Å². The van der Waals surface area contributed by atoms with E-state index < -0.39 is 0 Å². The maximum atomic E-state index is 12.6. The maximum absolute atomic E-state index is 12.6. The van der Waals surface area contributed by atoms with Crippen molar-refractivity contribution in [3.05, 3.63) is 0 Å². The summed E-state index contributed by atoms with van der Waals surface area (Å²) in [6.45, 7) is 6.92. The van der Waals surface area contributed by atoms with Gasteiger partial charge in [-0.25, -0.2) is 0 Å². The lowest BCUT2D eigenvalue weighted by Crippen LogP contribution is -2.65. The van der Waals surface area contributed by atoms with Crippen molar-refractivity contribution in [2.75, 3.05) is 6.54 Å². The molecule has 2 fully saturated rings. The third-order valence-corrected chi connectivity index (χ3v) is 4.44. The van der Waals surface area contributed by atoms with Crippen LogP contribution in [0.1, 0.15) is 59.3 Å². The van der Waals surface area contributed by atoms with E-state index in [-0.39, 0.29) is 29.8 Å². The summed E-state index contributed by atoms with van der Waals surface area (Å²) in [6, 6.07) is -0.525. The zero-order chi connectivity index (χ0) is 14.7. The lowest BCUT2D eigenvalue weighted by molar-refractivity contribution is -0.151. The topological polar surface area (TPSA) is 49.4 Å². The number of carbonyl (C=O) groups excluding carboxylic acids is 2. The van der Waals surface area contributed by atoms with E-state index >= 15 is 0 Å². The van der Waals surface area contributed by atoms with Crippen LogP contribution in [-0.4, -0.2) is 35.3 Å². The summed E-state index contributed by atoms with van der Waals surface area (Å²) < 4.78 is 0. The molecule has 0 aromatic heterocycles. The zero-order valence-electron chi connectivity index (χ0n) is 13.0. The van der Waals surface area contributed by atoms with Gasteiger partial charge in [-0.05, 0) is 31.1 Å². The predicted molar refractivity (Wildman–Crippen MR) is 79.1 cm³/mol. The van der Waals surface area contributed by atoms with Crippen molar-refractivity contribution < 1.29 is 9.59 Å². The Morgan fingerprint density at radius 3 is 2.45 bits per heavy atom. The molecule has 2 atom stereocenters. The van der Waals surface area contributed by atoms with Crippen LogP contribution in [0.25, 0.3) is 0 Å². The Morgan fingerprint density at radius 1 is 1.20 bits per heavy atom. The first-order valence-corrected chi connectivity index (χ1v) is 8.17. The van der Waals surface area contributed by atoms with Crippen molar-refractivity contribution in [3.8, 4) is 0 Å². The summed E-state index contributed by atoms with van der Waals surface area (Å²) >= 11 is 0. The van der Waals surface area contributed by atoms with Crippen molar-refractivity contribution in [2.45, 2.75) is 71.4 Å². The van der Waals surface area contributed by atoms with Crippen molar-refractivity contribution in [1.82, 2.24) is 10.2 Å². The molecule has 114 valence electrons. The molecular weight excluding hydrogens is 252 g/mol. The minimum absolute atomic E-state index is 0.0706. The monoisotopic (exact) mass is 280 g/mol. The Bertz CT molecular complexity index is 363. The fourth-order valence-corrected chi connectivity index (χ4v) is 3.05. The SMILES string of the molecule is CCCCCCN1C(=O)C(C(C)C)NC(=O)C1C1CC1. The number of rotatable bonds is 7. The molecule has 0 aromatic carbocycles. The Kier molecular flexibility index (Phi) is 5.06. The Morgan fingerprint density at radius 2 is 1.90 bits per heavy atom. The highest BCUT2D eigenvalue weighted by Gasteiger charge is 2.48. The molecule has 2 rings (SSSR count). The van der Waals surface area contributed by atoms with Gasteiger partial charge in [0, 0.05) is 6.54 Å². The Labute approximate surface area is 122 Å². The minimum Gasteiger partial charge on any atom is -0.342 e. The van der Waals surface area contributed by atoms with Crippen LogP contribution in [0, 0.1) is 11.8 Å². The van der Waals surface area contributed by atoms with Gasteiger partial charge in [0.05, 0.1) is 0 Å². The third kappa shape index (κ3) is 3.33. The van der Waals surface area contributed by atoms with Crippen molar-refractivity contribution in [3.63, 3.8) is 0 Å². The minimum atomic E-state index is -0.330. The maximum Gasteiger partial charge on any atom is 0.246 e. The quantitative estimate of drug-likeness (QED) is 0.728. The van der Waals surface area contributed by atoms with E-state index in [4.69, 9.17) is 0 Å². The van der Waals surface area contributed by atoms with Crippen LogP contribution < -0.4 is 5.32 Å². The van der Waals surface area contributed by atoms with Crippen LogP contribution in [0.2, 0.25) is 0 Å². The molecule has 1 aliphatic carbocycles. The number of carbonyl (C=O) groups is 2. The van der Waals surface area contributed by atoms with Crippen LogP contribution in [0.3, 0.4) is 0 Å². The molecule has 1 saturated carbocycles. The first-order chi connectivity index (χ1) is 9.56. The number of nitrogens with zero attached hydrogens (tertiary/aromatic N) is 1. The van der Waals surface area contributed by atoms with Crippen molar-refractivity contribution >= 4 is 11.8 Å². The van der Waals surface area contributed by atoms with E-state index in [0.29, 0.717) is 5.92 Å². The largest absolute Gasteiger partial charge is 0.342 e. The molecule has 2 aliphatic rings. The van der Waals surface area contributed by atoms with Gasteiger partial charge in [0.1, 0.15) is 12.1 Å². The van der Waals surface area contributed by atoms with Gasteiger partial charge in [-0.2, -0.15) is 0 Å². The van der Waals surface area contributed by atoms with Crippen molar-refractivity contribution in [2.24, 2.45) is 11.8 Å². The number of amides is 2. The average Bonchev–Trinajstić information content (AvgIpc) is 3.21. The fourth-order valence-electron chi connectivity index (χ4n) is 3.05. The van der Waals surface area contributed by atoms with E-state index in [1.807, 2.05) is 18.7 Å². The van der Waals surface area contributed by atoms with Crippen LogP contribution in [0.5, 0.6) is 0 Å². The number of unbranched alkanes of at least 4 members (excludes halogenated alkanes) is 3. The van der Waals surface area contributed by atoms with Crippen LogP contribution in [0.15, 0.2) is 0 Å². The van der Waals surface area contributed by atoms with Gasteiger partial charge in [-0.3, -0.25) is 9.59 Å². The van der Waals surface area contributed by atoms with Gasteiger partial charge in [-0.1, -0.05) is 40.0 Å². The highest BCUT2D eigenvalue weighted by atomic mass is 16.2. The average molecular weight is 280 g/mol. The van der Waals surface area contributed by atoms with Crippen molar-refractivity contribution in [1.29, 1.82) is 0 Å². The van der Waals surface area contributed by atoms with Gasteiger partial charge in [0.15, 0.2) is 0 Å². The summed E-state index contributed by atoms with van der Waals surface area (Å²) in [5.74, 6) is 0.761. The number of nitrogens with one attached hydrogen (secondary N) is 1. The predicted octanol–water partition coefficient (Wildman–Crippen LogP) is 2.33. The second-order valence-corrected chi connectivity index (χ2v) is 6.60. The molecule has 4 nitrogen and oxygen atoms in total. The highest BCUT2D eigenvalue weighted by Crippen LogP contribution is 2.37. The molecule has 1 N–H and O–H groups in total. The fraction of sp³-hybridized carbons (Fsp3) is 0.875. The molecule has 1 heterocycles. The summed E-state index contributed by atoms with van der Waals surface area (Å²) in [4.78, 5) is 26.8. The lowest BCUT2D eigenvalue weighted by atomic mass is 9.95. The first kappa shape index (κ1) is 15.3. The van der Waals surface area contributed by atoms with E-state index in [9.17, 15) is 9.59 Å². The lowest BCUT2D eigenvalue weighted by Gasteiger charge is -2.40. The Balaban J connectivity index is 2.03. The number of hydrogen-bond acceptors (Lipinski definition) is 2. The molecule has 2 amide bonds.